The number of nitro benzene ring substituents is 1. The molecule has 0 aromatic heterocycles. The Kier molecular flexibility index (Phi) is 9.61. The van der Waals surface area contributed by atoms with Gasteiger partial charge in [0.05, 0.1) is 24.1 Å². The van der Waals surface area contributed by atoms with E-state index in [1.165, 1.54) is 30.3 Å². The highest BCUT2D eigenvalue weighted by Crippen LogP contribution is 2.27. The van der Waals surface area contributed by atoms with Crippen molar-refractivity contribution >= 4 is 27.5 Å². The van der Waals surface area contributed by atoms with Gasteiger partial charge in [-0.05, 0) is 48.5 Å². The van der Waals surface area contributed by atoms with E-state index in [9.17, 15) is 23.3 Å². The predicted molar refractivity (Wildman–Crippen MR) is 145 cm³/mol. The molecular weight excluding hydrogens is 526 g/mol. The molecule has 1 aliphatic heterocycles. The summed E-state index contributed by atoms with van der Waals surface area (Å²) in [4.78, 5) is 24.8. The third-order valence-corrected chi connectivity index (χ3v) is 6.86. The number of nitro groups is 1. The first kappa shape index (κ1) is 29.1. The van der Waals surface area contributed by atoms with Gasteiger partial charge < -0.3 is 19.1 Å². The van der Waals surface area contributed by atoms with Gasteiger partial charge in [0.15, 0.2) is 11.9 Å². The minimum atomic E-state index is -3.83. The molecule has 1 unspecified atom stereocenters. The number of sulfonamides is 1. The largest absolute Gasteiger partial charge is 0.497 e. The molecule has 0 amide bonds. The molecule has 0 saturated heterocycles. The average Bonchev–Trinajstić information content (AvgIpc) is 3.24. The van der Waals surface area contributed by atoms with E-state index in [-0.39, 0.29) is 35.1 Å². The molecule has 0 spiro atoms. The fraction of sp³-hybridized carbons (Fsp3) is 0.259. The summed E-state index contributed by atoms with van der Waals surface area (Å²) in [5.41, 5.74) is 0.408. The lowest BCUT2D eigenvalue weighted by Gasteiger charge is -2.26. The van der Waals surface area contributed by atoms with Crippen molar-refractivity contribution in [2.24, 2.45) is 4.40 Å². The highest BCUT2D eigenvalue weighted by molar-refractivity contribution is 7.90. The second-order valence-electron chi connectivity index (χ2n) is 8.08. The van der Waals surface area contributed by atoms with Crippen LogP contribution in [0, 0.1) is 10.1 Å². The number of fused-ring (bicyclic) bond motifs is 1. The van der Waals surface area contributed by atoms with Crippen LogP contribution in [0.2, 0.25) is 0 Å². The lowest BCUT2D eigenvalue weighted by Crippen LogP contribution is -2.39. The molecule has 0 fully saturated rings. The smallest absolute Gasteiger partial charge is 0.338 e. The zero-order chi connectivity index (χ0) is 28.6. The molecule has 12 heteroatoms. The standard InChI is InChI=1S/C25H23N3O8S.C2H6/c1-27(24-22-5-3-4-6-23(22)37(32,33)26-24)15-21(16-35-20-13-11-19(34-2)12-14-20)36-25(29)17-7-9-18(10-8-17)28(30)31;1-2/h3-14,21H,15-16H2,1-2H3;1-2H3. The van der Waals surface area contributed by atoms with Crippen LogP contribution in [-0.2, 0) is 14.8 Å². The lowest BCUT2D eigenvalue weighted by molar-refractivity contribution is -0.384. The van der Waals surface area contributed by atoms with Gasteiger partial charge in [-0.25, -0.2) is 4.79 Å². The van der Waals surface area contributed by atoms with E-state index in [0.29, 0.717) is 17.1 Å². The van der Waals surface area contributed by atoms with Crippen molar-refractivity contribution < 1.29 is 32.3 Å². The van der Waals surface area contributed by atoms with E-state index in [0.717, 1.165) is 0 Å². The predicted octanol–water partition coefficient (Wildman–Crippen LogP) is 4.31. The molecule has 11 nitrogen and oxygen atoms in total. The van der Waals surface area contributed by atoms with Crippen molar-refractivity contribution in [1.29, 1.82) is 0 Å². The first-order chi connectivity index (χ1) is 18.7. The van der Waals surface area contributed by atoms with E-state index < -0.39 is 27.0 Å². The van der Waals surface area contributed by atoms with Gasteiger partial charge >= 0.3 is 5.97 Å². The van der Waals surface area contributed by atoms with Crippen LogP contribution in [0.5, 0.6) is 11.5 Å². The molecule has 1 atom stereocenters. The molecule has 0 saturated carbocycles. The molecule has 206 valence electrons. The number of non-ortho nitro benzene ring substituents is 1. The molecule has 0 radical (unpaired) electrons. The molecule has 39 heavy (non-hydrogen) atoms. The van der Waals surface area contributed by atoms with Crippen LogP contribution < -0.4 is 9.47 Å². The Labute approximate surface area is 226 Å². The van der Waals surface area contributed by atoms with Crippen LogP contribution in [0.3, 0.4) is 0 Å². The van der Waals surface area contributed by atoms with E-state index >= 15 is 0 Å². The Bertz CT molecular complexity index is 1440. The Balaban J connectivity index is 0.00000205. The Morgan fingerprint density at radius 1 is 1.00 bits per heavy atom. The van der Waals surface area contributed by atoms with Crippen molar-refractivity contribution in [1.82, 2.24) is 4.90 Å². The van der Waals surface area contributed by atoms with Crippen molar-refractivity contribution in [3.8, 4) is 11.5 Å². The third-order valence-electron chi connectivity index (χ3n) is 5.53. The first-order valence-electron chi connectivity index (χ1n) is 12.1. The minimum Gasteiger partial charge on any atom is -0.497 e. The SMILES string of the molecule is CC.COc1ccc(OCC(CN(C)C2=NS(=O)(=O)c3ccccc32)OC(=O)c2ccc([N+](=O)[O-])cc2)cc1. The summed E-state index contributed by atoms with van der Waals surface area (Å²) in [6, 6.07) is 18.3. The van der Waals surface area contributed by atoms with Crippen LogP contribution in [0.1, 0.15) is 29.8 Å². The zero-order valence-corrected chi connectivity index (χ0v) is 22.8. The monoisotopic (exact) mass is 555 g/mol. The van der Waals surface area contributed by atoms with Crippen LogP contribution >= 0.6 is 0 Å². The van der Waals surface area contributed by atoms with Gasteiger partial charge in [0, 0.05) is 24.7 Å². The van der Waals surface area contributed by atoms with Gasteiger partial charge in [-0.3, -0.25) is 10.1 Å². The summed E-state index contributed by atoms with van der Waals surface area (Å²) in [5.74, 6) is 0.655. The molecular formula is C27H29N3O8S. The van der Waals surface area contributed by atoms with Crippen molar-refractivity contribution in [3.63, 3.8) is 0 Å². The number of methoxy groups -OCH3 is 1. The molecule has 3 aromatic rings. The summed E-state index contributed by atoms with van der Waals surface area (Å²) in [7, 11) is -0.654. The second kappa shape index (κ2) is 12.9. The Hall–Kier alpha value is -4.45. The number of ether oxygens (including phenoxy) is 3. The van der Waals surface area contributed by atoms with Crippen LogP contribution in [-0.4, -0.2) is 63.5 Å². The molecule has 0 N–H and O–H groups in total. The number of hydrogen-bond donors (Lipinski definition) is 0. The van der Waals surface area contributed by atoms with E-state index in [4.69, 9.17) is 14.2 Å². The lowest BCUT2D eigenvalue weighted by atomic mass is 10.2. The number of carbonyl (C=O) groups excluding carboxylic acids is 1. The fourth-order valence-electron chi connectivity index (χ4n) is 3.68. The van der Waals surface area contributed by atoms with E-state index in [1.807, 2.05) is 13.8 Å². The topological polar surface area (TPSA) is 138 Å². The van der Waals surface area contributed by atoms with E-state index in [2.05, 4.69) is 4.40 Å². The van der Waals surface area contributed by atoms with Crippen molar-refractivity contribution in [3.05, 3.63) is 94.0 Å². The second-order valence-corrected chi connectivity index (χ2v) is 9.66. The number of nitrogens with zero attached hydrogens (tertiary/aromatic N) is 3. The van der Waals surface area contributed by atoms with E-state index in [1.54, 1.807) is 61.5 Å². The number of esters is 1. The first-order valence-corrected chi connectivity index (χ1v) is 13.5. The number of carbonyl (C=O) groups is 1. The highest BCUT2D eigenvalue weighted by atomic mass is 32.2. The summed E-state index contributed by atoms with van der Waals surface area (Å²) in [5, 5.41) is 10.9. The Morgan fingerprint density at radius 3 is 2.23 bits per heavy atom. The van der Waals surface area contributed by atoms with Gasteiger partial charge in [0.25, 0.3) is 15.7 Å². The maximum absolute atomic E-state index is 12.8. The fourth-order valence-corrected chi connectivity index (χ4v) is 4.93. The zero-order valence-electron chi connectivity index (χ0n) is 21.9. The number of hydrogen-bond acceptors (Lipinski definition) is 9. The number of amidine groups is 1. The number of benzene rings is 3. The van der Waals surface area contributed by atoms with Crippen LogP contribution in [0.4, 0.5) is 5.69 Å². The van der Waals surface area contributed by atoms with Crippen molar-refractivity contribution in [2.75, 3.05) is 27.3 Å². The summed E-state index contributed by atoms with van der Waals surface area (Å²) in [6.07, 6.45) is -0.854. The molecule has 4 rings (SSSR count). The molecule has 1 heterocycles. The normalized spacial score (nSPS) is 13.6. The molecule has 0 bridgehead atoms. The summed E-state index contributed by atoms with van der Waals surface area (Å²) >= 11 is 0. The van der Waals surface area contributed by atoms with Crippen molar-refractivity contribution in [2.45, 2.75) is 24.8 Å². The maximum Gasteiger partial charge on any atom is 0.338 e. The van der Waals surface area contributed by atoms with Gasteiger partial charge in [-0.2, -0.15) is 8.42 Å². The highest BCUT2D eigenvalue weighted by Gasteiger charge is 2.32. The van der Waals surface area contributed by atoms with Gasteiger partial charge in [0.1, 0.15) is 23.0 Å². The third kappa shape index (κ3) is 7.11. The van der Waals surface area contributed by atoms with Gasteiger partial charge in [-0.1, -0.05) is 26.0 Å². The molecule has 0 aliphatic carbocycles. The number of rotatable bonds is 9. The minimum absolute atomic E-state index is 0.0531. The average molecular weight is 556 g/mol. The van der Waals surface area contributed by atoms with Crippen LogP contribution in [0.25, 0.3) is 0 Å². The Morgan fingerprint density at radius 2 is 1.62 bits per heavy atom. The van der Waals surface area contributed by atoms with Gasteiger partial charge in [-0.15, -0.1) is 4.40 Å². The molecule has 1 aliphatic rings. The summed E-state index contributed by atoms with van der Waals surface area (Å²) in [6.45, 7) is 3.99. The maximum atomic E-state index is 12.8. The van der Waals surface area contributed by atoms with Crippen LogP contribution in [0.15, 0.2) is 82.1 Å². The number of likely N-dealkylation sites (N-methyl/N-ethyl adjacent to an activating group) is 1. The quantitative estimate of drug-likeness (QED) is 0.215. The van der Waals surface area contributed by atoms with Gasteiger partial charge in [0.2, 0.25) is 0 Å². The molecule has 3 aromatic carbocycles. The summed E-state index contributed by atoms with van der Waals surface area (Å²) < 4.78 is 45.5.